The molecule has 0 aromatic heterocycles. The number of ether oxygens (including phenoxy) is 1. The molecule has 2 heteroatoms. The number of halogens is 1. The monoisotopic (exact) mass is 166 g/mol. The van der Waals surface area contributed by atoms with Crippen molar-refractivity contribution >= 4 is 0 Å². The fraction of sp³-hybridized carbons (Fsp3) is 0.200. The van der Waals surface area contributed by atoms with Crippen LogP contribution in [-0.4, -0.2) is 0 Å². The summed E-state index contributed by atoms with van der Waals surface area (Å²) in [7, 11) is 0. The van der Waals surface area contributed by atoms with Crippen LogP contribution < -0.4 is 0 Å². The summed E-state index contributed by atoms with van der Waals surface area (Å²) in [5.41, 5.74) is 2.12. The van der Waals surface area contributed by atoms with E-state index < -0.39 is 6.01 Å². The van der Waals surface area contributed by atoms with Crippen molar-refractivity contribution in [1.29, 1.82) is 0 Å². The van der Waals surface area contributed by atoms with Gasteiger partial charge >= 0.3 is 0 Å². The third kappa shape index (κ3) is 2.74. The second kappa shape index (κ2) is 3.90. The van der Waals surface area contributed by atoms with Gasteiger partial charge in [-0.05, 0) is 19.1 Å². The van der Waals surface area contributed by atoms with Crippen molar-refractivity contribution < 1.29 is 9.13 Å². The average molecular weight is 166 g/mol. The van der Waals surface area contributed by atoms with Crippen LogP contribution in [0, 0.1) is 6.92 Å². The van der Waals surface area contributed by atoms with Gasteiger partial charge in [-0.2, -0.15) is 4.39 Å². The van der Waals surface area contributed by atoms with E-state index >= 15 is 0 Å². The van der Waals surface area contributed by atoms with Crippen LogP contribution >= 0.6 is 0 Å². The molecule has 0 spiro atoms. The van der Waals surface area contributed by atoms with E-state index in [4.69, 9.17) is 0 Å². The van der Waals surface area contributed by atoms with Gasteiger partial charge in [0.2, 0.25) is 0 Å². The first kappa shape index (κ1) is 8.78. The normalized spacial score (nSPS) is 9.50. The van der Waals surface area contributed by atoms with E-state index in [1.54, 1.807) is 0 Å². The largest absolute Gasteiger partial charge is 0.466 e. The maximum absolute atomic E-state index is 12.0. The maximum Gasteiger partial charge on any atom is 0.265 e. The minimum Gasteiger partial charge on any atom is -0.466 e. The summed E-state index contributed by atoms with van der Waals surface area (Å²) in [5, 5.41) is 0. The van der Waals surface area contributed by atoms with Gasteiger partial charge in [-0.1, -0.05) is 29.8 Å². The van der Waals surface area contributed by atoms with Crippen LogP contribution in [0.1, 0.15) is 11.1 Å². The van der Waals surface area contributed by atoms with E-state index in [2.05, 4.69) is 11.3 Å². The lowest BCUT2D eigenvalue weighted by atomic mass is 10.2. The molecule has 1 rings (SSSR count). The Morgan fingerprint density at radius 2 is 2.00 bits per heavy atom. The smallest absolute Gasteiger partial charge is 0.265 e. The number of hydrogen-bond acceptors (Lipinski definition) is 1. The molecule has 0 saturated carbocycles. The molecule has 0 fully saturated rings. The van der Waals surface area contributed by atoms with Crippen LogP contribution in [-0.2, 0) is 11.3 Å². The van der Waals surface area contributed by atoms with Crippen LogP contribution in [0.3, 0.4) is 0 Å². The molecule has 0 radical (unpaired) electrons. The van der Waals surface area contributed by atoms with E-state index in [1.807, 2.05) is 31.2 Å². The molecule has 0 unspecified atom stereocenters. The summed E-state index contributed by atoms with van der Waals surface area (Å²) in [4.78, 5) is 0. The highest BCUT2D eigenvalue weighted by Gasteiger charge is 1.93. The molecule has 64 valence electrons. The van der Waals surface area contributed by atoms with Crippen LogP contribution in [0.4, 0.5) is 4.39 Å². The van der Waals surface area contributed by atoms with Crippen LogP contribution in [0.15, 0.2) is 36.9 Å². The van der Waals surface area contributed by atoms with Crippen molar-refractivity contribution in [3.05, 3.63) is 48.0 Å². The summed E-state index contributed by atoms with van der Waals surface area (Å²) < 4.78 is 16.7. The molecule has 0 heterocycles. The van der Waals surface area contributed by atoms with E-state index in [-0.39, 0.29) is 6.61 Å². The van der Waals surface area contributed by atoms with E-state index in [1.165, 1.54) is 5.56 Å². The van der Waals surface area contributed by atoms with Crippen molar-refractivity contribution in [2.45, 2.75) is 13.5 Å². The molecule has 0 aliphatic carbocycles. The quantitative estimate of drug-likeness (QED) is 0.627. The average Bonchev–Trinajstić information content (AvgIpc) is 2.03. The summed E-state index contributed by atoms with van der Waals surface area (Å²) >= 11 is 0. The lowest BCUT2D eigenvalue weighted by molar-refractivity contribution is 0.135. The molecule has 0 aliphatic heterocycles. The van der Waals surface area contributed by atoms with Gasteiger partial charge in [-0.3, -0.25) is 0 Å². The highest BCUT2D eigenvalue weighted by atomic mass is 19.1. The molecule has 12 heavy (non-hydrogen) atoms. The first-order chi connectivity index (χ1) is 5.68. The van der Waals surface area contributed by atoms with Crippen molar-refractivity contribution in [1.82, 2.24) is 0 Å². The number of hydrogen-bond donors (Lipinski definition) is 0. The third-order valence-electron chi connectivity index (χ3n) is 1.52. The summed E-state index contributed by atoms with van der Waals surface area (Å²) in [6.45, 7) is 5.24. The second-order valence-corrected chi connectivity index (χ2v) is 2.63. The standard InChI is InChI=1S/C10H11FO/c1-8-3-5-10(6-4-8)7-12-9(2)11/h3-6H,2,7H2,1H3. The molecular formula is C10H11FO. The Balaban J connectivity index is 2.53. The Morgan fingerprint density at radius 1 is 1.42 bits per heavy atom. The van der Waals surface area contributed by atoms with Crippen molar-refractivity contribution in [2.75, 3.05) is 0 Å². The van der Waals surface area contributed by atoms with Crippen molar-refractivity contribution in [3.63, 3.8) is 0 Å². The Labute approximate surface area is 71.5 Å². The highest BCUT2D eigenvalue weighted by Crippen LogP contribution is 2.06. The zero-order valence-electron chi connectivity index (χ0n) is 7.01. The first-order valence-corrected chi connectivity index (χ1v) is 3.71. The first-order valence-electron chi connectivity index (χ1n) is 3.71. The van der Waals surface area contributed by atoms with E-state index in [0.717, 1.165) is 5.56 Å². The fourth-order valence-electron chi connectivity index (χ4n) is 0.846. The van der Waals surface area contributed by atoms with Gasteiger partial charge in [0, 0.05) is 0 Å². The Hall–Kier alpha value is -1.31. The predicted octanol–water partition coefficient (Wildman–Crippen LogP) is 2.95. The van der Waals surface area contributed by atoms with Crippen LogP contribution in [0.25, 0.3) is 0 Å². The second-order valence-electron chi connectivity index (χ2n) is 2.63. The van der Waals surface area contributed by atoms with Crippen molar-refractivity contribution in [3.8, 4) is 0 Å². The lowest BCUT2D eigenvalue weighted by Crippen LogP contribution is -1.88. The molecular weight excluding hydrogens is 155 g/mol. The summed E-state index contributed by atoms with van der Waals surface area (Å²) in [6.07, 6.45) is 0. The molecule has 1 aromatic rings. The van der Waals surface area contributed by atoms with Gasteiger partial charge in [0.05, 0.1) is 0 Å². The van der Waals surface area contributed by atoms with Crippen molar-refractivity contribution in [2.24, 2.45) is 0 Å². The molecule has 0 aliphatic rings. The zero-order valence-corrected chi connectivity index (χ0v) is 7.01. The molecule has 1 aromatic carbocycles. The molecule has 0 atom stereocenters. The molecule has 0 amide bonds. The molecule has 0 N–H and O–H groups in total. The summed E-state index contributed by atoms with van der Waals surface area (Å²) in [6, 6.07) is 6.98. The van der Waals surface area contributed by atoms with E-state index in [9.17, 15) is 4.39 Å². The minimum atomic E-state index is -0.740. The van der Waals surface area contributed by atoms with Gasteiger partial charge in [0.1, 0.15) is 6.61 Å². The van der Waals surface area contributed by atoms with Gasteiger partial charge in [-0.25, -0.2) is 0 Å². The topological polar surface area (TPSA) is 9.23 Å². The van der Waals surface area contributed by atoms with Gasteiger partial charge in [-0.15, -0.1) is 0 Å². The number of benzene rings is 1. The Kier molecular flexibility index (Phi) is 2.86. The van der Waals surface area contributed by atoms with Gasteiger partial charge < -0.3 is 4.74 Å². The fourth-order valence-corrected chi connectivity index (χ4v) is 0.846. The Morgan fingerprint density at radius 3 is 2.50 bits per heavy atom. The molecule has 1 nitrogen and oxygen atoms in total. The number of rotatable bonds is 3. The summed E-state index contributed by atoms with van der Waals surface area (Å²) in [5.74, 6) is 0. The SMILES string of the molecule is C=C(F)OCc1ccc(C)cc1. The zero-order chi connectivity index (χ0) is 8.97. The third-order valence-corrected chi connectivity index (χ3v) is 1.52. The van der Waals surface area contributed by atoms with Gasteiger partial charge in [0.25, 0.3) is 6.01 Å². The van der Waals surface area contributed by atoms with Crippen LogP contribution in [0.5, 0.6) is 0 Å². The maximum atomic E-state index is 12.0. The van der Waals surface area contributed by atoms with Crippen LogP contribution in [0.2, 0.25) is 0 Å². The highest BCUT2D eigenvalue weighted by molar-refractivity contribution is 5.20. The minimum absolute atomic E-state index is 0.246. The number of aryl methyl sites for hydroxylation is 1. The van der Waals surface area contributed by atoms with Gasteiger partial charge in [0.15, 0.2) is 0 Å². The van der Waals surface area contributed by atoms with E-state index in [0.29, 0.717) is 0 Å². The molecule has 0 saturated heterocycles. The molecule has 0 bridgehead atoms. The Bertz CT molecular complexity index is 264. The predicted molar refractivity (Wildman–Crippen MR) is 46.2 cm³/mol. The lowest BCUT2D eigenvalue weighted by Gasteiger charge is -2.02.